The second-order valence-electron chi connectivity index (χ2n) is 10.4. The number of amides is 1. The first-order valence-corrected chi connectivity index (χ1v) is 13.9. The monoisotopic (exact) mass is 530 g/mol. The summed E-state index contributed by atoms with van der Waals surface area (Å²) < 4.78 is 18.0. The maximum Gasteiger partial charge on any atom is 0.222 e. The van der Waals surface area contributed by atoms with Crippen molar-refractivity contribution in [1.29, 1.82) is 0 Å². The quantitative estimate of drug-likeness (QED) is 0.429. The van der Waals surface area contributed by atoms with Gasteiger partial charge >= 0.3 is 0 Å². The first kappa shape index (κ1) is 27.3. The second-order valence-corrected chi connectivity index (χ2v) is 10.4. The van der Waals surface area contributed by atoms with Crippen LogP contribution in [0.15, 0.2) is 84.9 Å². The van der Waals surface area contributed by atoms with Gasteiger partial charge in [-0.2, -0.15) is 0 Å². The number of aliphatic hydroxyl groups excluding tert-OH is 1. The molecule has 0 radical (unpaired) electrons. The van der Waals surface area contributed by atoms with Crippen LogP contribution in [0.2, 0.25) is 0 Å². The molecule has 7 heteroatoms. The molecule has 0 aliphatic carbocycles. The third-order valence-corrected chi connectivity index (χ3v) is 7.42. The molecule has 4 atom stereocenters. The van der Waals surface area contributed by atoms with Gasteiger partial charge < -0.3 is 24.6 Å². The van der Waals surface area contributed by atoms with Gasteiger partial charge in [-0.1, -0.05) is 60.7 Å². The number of para-hydroxylation sites is 1. The largest absolute Gasteiger partial charge is 0.457 e. The average molecular weight is 531 g/mol. The van der Waals surface area contributed by atoms with Crippen molar-refractivity contribution in [1.82, 2.24) is 10.2 Å². The van der Waals surface area contributed by atoms with Crippen molar-refractivity contribution in [3.63, 3.8) is 0 Å². The van der Waals surface area contributed by atoms with Crippen LogP contribution in [-0.4, -0.2) is 66.6 Å². The lowest BCUT2D eigenvalue weighted by Gasteiger charge is -2.44. The Morgan fingerprint density at radius 2 is 1.62 bits per heavy atom. The molecule has 39 heavy (non-hydrogen) atoms. The topological polar surface area (TPSA) is 80.3 Å². The molecule has 0 unspecified atom stereocenters. The number of rotatable bonds is 9. The standard InChI is InChI=1S/C32H38N2O5/c35-26-21-34(18-17-24-7-3-1-4-8-24)30-16-15-29(39-31(30)23-37-22-26)19-32(36)33-20-25-11-13-28(14-12-25)38-27-9-5-2-6-10-27/h1-14,26,29-31,35H,15-23H2,(H,33,36)/t26-,29+,30-,31+/m1/s1. The second kappa shape index (κ2) is 13.7. The van der Waals surface area contributed by atoms with E-state index in [0.717, 1.165) is 42.9 Å². The van der Waals surface area contributed by atoms with Crippen LogP contribution in [0.25, 0.3) is 0 Å². The number of carbonyl (C=O) groups is 1. The first-order chi connectivity index (χ1) is 19.1. The van der Waals surface area contributed by atoms with Crippen LogP contribution in [0.4, 0.5) is 0 Å². The molecular weight excluding hydrogens is 492 g/mol. The van der Waals surface area contributed by atoms with Crippen molar-refractivity contribution in [3.8, 4) is 11.5 Å². The summed E-state index contributed by atoms with van der Waals surface area (Å²) in [5.74, 6) is 1.53. The number of benzene rings is 3. The van der Waals surface area contributed by atoms with Gasteiger partial charge in [0.25, 0.3) is 0 Å². The highest BCUT2D eigenvalue weighted by Crippen LogP contribution is 2.28. The highest BCUT2D eigenvalue weighted by atomic mass is 16.5. The first-order valence-electron chi connectivity index (χ1n) is 13.9. The van der Waals surface area contributed by atoms with Crippen molar-refractivity contribution in [3.05, 3.63) is 96.1 Å². The van der Waals surface area contributed by atoms with Gasteiger partial charge in [-0.3, -0.25) is 9.69 Å². The fraction of sp³-hybridized carbons (Fsp3) is 0.406. The third-order valence-electron chi connectivity index (χ3n) is 7.42. The molecule has 3 aromatic rings. The van der Waals surface area contributed by atoms with Crippen molar-refractivity contribution in [2.45, 2.75) is 56.6 Å². The molecule has 0 bridgehead atoms. The predicted molar refractivity (Wildman–Crippen MR) is 150 cm³/mol. The summed E-state index contributed by atoms with van der Waals surface area (Å²) in [6, 6.07) is 28.0. The molecule has 1 amide bonds. The molecule has 2 saturated heterocycles. The van der Waals surface area contributed by atoms with Crippen LogP contribution >= 0.6 is 0 Å². The van der Waals surface area contributed by atoms with Crippen LogP contribution in [0.3, 0.4) is 0 Å². The summed E-state index contributed by atoms with van der Waals surface area (Å²) in [5.41, 5.74) is 2.29. The van der Waals surface area contributed by atoms with Crippen molar-refractivity contribution < 1.29 is 24.1 Å². The number of nitrogens with one attached hydrogen (secondary N) is 1. The Kier molecular flexibility index (Phi) is 9.61. The Balaban J connectivity index is 1.09. The number of hydrogen-bond acceptors (Lipinski definition) is 6. The molecule has 2 heterocycles. The van der Waals surface area contributed by atoms with Gasteiger partial charge in [-0.15, -0.1) is 0 Å². The molecule has 206 valence electrons. The van der Waals surface area contributed by atoms with Crippen LogP contribution in [0.1, 0.15) is 30.4 Å². The minimum absolute atomic E-state index is 0.0221. The van der Waals surface area contributed by atoms with Crippen molar-refractivity contribution >= 4 is 5.91 Å². The minimum Gasteiger partial charge on any atom is -0.457 e. The maximum absolute atomic E-state index is 12.8. The third kappa shape index (κ3) is 8.13. The summed E-state index contributed by atoms with van der Waals surface area (Å²) in [5, 5.41) is 13.4. The lowest BCUT2D eigenvalue weighted by atomic mass is 9.94. The Hall–Kier alpha value is -3.23. The van der Waals surface area contributed by atoms with Gasteiger partial charge in [0.05, 0.1) is 37.9 Å². The summed E-state index contributed by atoms with van der Waals surface area (Å²) in [6.45, 7) is 2.61. The van der Waals surface area contributed by atoms with Crippen LogP contribution in [-0.2, 0) is 27.2 Å². The van der Waals surface area contributed by atoms with Crippen molar-refractivity contribution in [2.75, 3.05) is 26.3 Å². The SMILES string of the molecule is O=C(C[C@@H]1CC[C@@H]2[C@H](COC[C@H](O)CN2CCc2ccccc2)O1)NCc1ccc(Oc2ccccc2)cc1. The highest BCUT2D eigenvalue weighted by Gasteiger charge is 2.37. The number of aliphatic hydroxyl groups is 1. The minimum atomic E-state index is -0.510. The van der Waals surface area contributed by atoms with E-state index < -0.39 is 6.10 Å². The van der Waals surface area contributed by atoms with Gasteiger partial charge in [0.1, 0.15) is 11.5 Å². The average Bonchev–Trinajstić information content (AvgIpc) is 2.95. The summed E-state index contributed by atoms with van der Waals surface area (Å²) >= 11 is 0. The van der Waals surface area contributed by atoms with E-state index >= 15 is 0 Å². The Morgan fingerprint density at radius 3 is 2.38 bits per heavy atom. The van der Waals surface area contributed by atoms with Gasteiger partial charge in [0.2, 0.25) is 5.91 Å². The molecule has 2 fully saturated rings. The van der Waals surface area contributed by atoms with E-state index in [9.17, 15) is 9.90 Å². The van der Waals surface area contributed by atoms with E-state index in [-0.39, 0.29) is 24.2 Å². The Bertz CT molecular complexity index is 1160. The Labute approximate surface area is 230 Å². The lowest BCUT2D eigenvalue weighted by Crippen LogP contribution is -2.56. The van der Waals surface area contributed by atoms with E-state index in [2.05, 4.69) is 34.5 Å². The van der Waals surface area contributed by atoms with Gasteiger partial charge in [0.15, 0.2) is 0 Å². The molecule has 0 aromatic heterocycles. The number of β-amino-alcohol motifs (C(OH)–C–C–N with tert-alkyl or cyclic N) is 1. The number of fused-ring (bicyclic) bond motifs is 1. The zero-order chi connectivity index (χ0) is 26.9. The Morgan fingerprint density at radius 1 is 0.897 bits per heavy atom. The summed E-state index contributed by atoms with van der Waals surface area (Å²) in [7, 11) is 0. The van der Waals surface area contributed by atoms with Crippen LogP contribution < -0.4 is 10.1 Å². The smallest absolute Gasteiger partial charge is 0.222 e. The molecule has 0 spiro atoms. The van der Waals surface area contributed by atoms with E-state index in [4.69, 9.17) is 14.2 Å². The molecule has 3 aromatic carbocycles. The fourth-order valence-electron chi connectivity index (χ4n) is 5.40. The molecule has 5 rings (SSSR count). The van der Waals surface area contributed by atoms with Gasteiger partial charge in [0, 0.05) is 25.7 Å². The molecule has 2 N–H and O–H groups in total. The molecule has 2 aliphatic rings. The van der Waals surface area contributed by atoms with Gasteiger partial charge in [-0.25, -0.2) is 0 Å². The highest BCUT2D eigenvalue weighted by molar-refractivity contribution is 5.76. The summed E-state index contributed by atoms with van der Waals surface area (Å²) in [6.07, 6.45) is 2.19. The molecule has 0 saturated carbocycles. The van der Waals surface area contributed by atoms with E-state index in [1.165, 1.54) is 5.56 Å². The zero-order valence-electron chi connectivity index (χ0n) is 22.3. The zero-order valence-corrected chi connectivity index (χ0v) is 22.3. The number of hydrogen-bond donors (Lipinski definition) is 2. The van der Waals surface area contributed by atoms with E-state index in [0.29, 0.717) is 32.7 Å². The van der Waals surface area contributed by atoms with Crippen LogP contribution in [0, 0.1) is 0 Å². The molecule has 7 nitrogen and oxygen atoms in total. The number of ether oxygens (including phenoxy) is 3. The summed E-state index contributed by atoms with van der Waals surface area (Å²) in [4.78, 5) is 15.1. The maximum atomic E-state index is 12.8. The van der Waals surface area contributed by atoms with Crippen molar-refractivity contribution in [2.24, 2.45) is 0 Å². The normalized spacial score (nSPS) is 23.7. The van der Waals surface area contributed by atoms with Gasteiger partial charge in [-0.05, 0) is 54.7 Å². The van der Waals surface area contributed by atoms with E-state index in [1.54, 1.807) is 0 Å². The fourth-order valence-corrected chi connectivity index (χ4v) is 5.40. The lowest BCUT2D eigenvalue weighted by molar-refractivity contribution is -0.156. The molecular formula is C32H38N2O5. The van der Waals surface area contributed by atoms with Crippen LogP contribution in [0.5, 0.6) is 11.5 Å². The number of nitrogens with zero attached hydrogens (tertiary/aromatic N) is 1. The number of carbonyl (C=O) groups excluding carboxylic acids is 1. The molecule has 2 aliphatic heterocycles. The predicted octanol–water partition coefficient (Wildman–Crippen LogP) is 4.34. The van der Waals surface area contributed by atoms with E-state index in [1.807, 2.05) is 60.7 Å².